The molecule has 7 nitrogen and oxygen atoms in total. The average Bonchev–Trinajstić information content (AvgIpc) is 3.15. The van der Waals surface area contributed by atoms with E-state index in [0.717, 1.165) is 51.4 Å². The van der Waals surface area contributed by atoms with Crippen LogP contribution in [0.5, 0.6) is 0 Å². The van der Waals surface area contributed by atoms with Gasteiger partial charge in [-0.15, -0.1) is 0 Å². The molecule has 0 aromatic heterocycles. The molecule has 0 aliphatic heterocycles. The predicted octanol–water partition coefficient (Wildman–Crippen LogP) is 7.07. The number of carbonyl (C=O) groups is 4. The first-order valence-corrected chi connectivity index (χ1v) is 15.8. The SMILES string of the molecule is C[C@H](CC(=O)[C@H](C)[C@@H](C)C(=O)O)[C@H]1CC[C@@]2(C)C3=C(CC[C@]12C)[C@@]1(C)CC[C@H](OC(=O)CC(=O)O)C(C)(C)[C@@H]1CC3. The van der Waals surface area contributed by atoms with E-state index in [9.17, 15) is 24.3 Å². The van der Waals surface area contributed by atoms with Crippen LogP contribution in [-0.4, -0.2) is 40.0 Å². The summed E-state index contributed by atoms with van der Waals surface area (Å²) >= 11 is 0. The van der Waals surface area contributed by atoms with E-state index in [-0.39, 0.29) is 39.5 Å². The number of aliphatic carboxylic acids is 2. The highest BCUT2D eigenvalue weighted by atomic mass is 16.5. The maximum atomic E-state index is 13.1. The number of ether oxygens (including phenoxy) is 1. The molecule has 4 rings (SSSR count). The molecule has 0 aromatic carbocycles. The normalized spacial score (nSPS) is 38.1. The number of allylic oxidation sites excluding steroid dienone is 2. The van der Waals surface area contributed by atoms with Gasteiger partial charge in [-0.25, -0.2) is 0 Å². The first-order valence-electron chi connectivity index (χ1n) is 15.8. The van der Waals surface area contributed by atoms with Crippen LogP contribution in [0.4, 0.5) is 0 Å². The summed E-state index contributed by atoms with van der Waals surface area (Å²) in [5.74, 6) is -2.81. The average molecular weight is 573 g/mol. The Morgan fingerprint density at radius 1 is 0.854 bits per heavy atom. The van der Waals surface area contributed by atoms with Gasteiger partial charge in [-0.3, -0.25) is 19.2 Å². The van der Waals surface area contributed by atoms with E-state index in [4.69, 9.17) is 9.84 Å². The Bertz CT molecular complexity index is 1140. The molecule has 2 saturated carbocycles. The van der Waals surface area contributed by atoms with Gasteiger partial charge in [0.15, 0.2) is 0 Å². The Morgan fingerprint density at radius 2 is 1.51 bits per heavy atom. The zero-order chi connectivity index (χ0) is 30.7. The standard InChI is InChI=1S/C34H52O7/c1-19(17-25(35)20(2)21(3)30(39)40)22-11-15-34(8)24-9-10-26-31(4,5)27(41-29(38)18-28(36)37)13-14-32(26,6)23(24)12-16-33(22,34)7/h19-22,26-27H,9-18H2,1-8H3,(H,36,37)(H,39,40)/t19-,20-,21-,22-,26+,27+,32-,33-,34+/m1/s1. The second-order valence-corrected chi connectivity index (χ2v) is 15.3. The first-order chi connectivity index (χ1) is 18.9. The van der Waals surface area contributed by atoms with Crippen LogP contribution < -0.4 is 0 Å². The summed E-state index contributed by atoms with van der Waals surface area (Å²) in [4.78, 5) is 47.9. The van der Waals surface area contributed by atoms with Crippen LogP contribution in [0.2, 0.25) is 0 Å². The minimum absolute atomic E-state index is 0.0270. The van der Waals surface area contributed by atoms with Crippen LogP contribution in [0.15, 0.2) is 11.1 Å². The van der Waals surface area contributed by atoms with Crippen molar-refractivity contribution in [3.8, 4) is 0 Å². The van der Waals surface area contributed by atoms with Gasteiger partial charge in [-0.05, 0) is 85.4 Å². The fourth-order valence-corrected chi connectivity index (χ4v) is 10.3. The number of ketones is 1. The largest absolute Gasteiger partial charge is 0.481 e. The second kappa shape index (κ2) is 10.8. The molecular weight excluding hydrogens is 520 g/mol. The molecule has 4 aliphatic rings. The summed E-state index contributed by atoms with van der Waals surface area (Å²) in [7, 11) is 0. The van der Waals surface area contributed by atoms with Crippen LogP contribution in [0.1, 0.15) is 120 Å². The maximum absolute atomic E-state index is 13.1. The number of carbonyl (C=O) groups excluding carboxylic acids is 2. The smallest absolute Gasteiger partial charge is 0.317 e. The summed E-state index contributed by atoms with van der Waals surface area (Å²) in [5, 5.41) is 18.4. The Hall–Kier alpha value is -2.18. The molecule has 4 aliphatic carbocycles. The molecule has 2 N–H and O–H groups in total. The molecule has 2 fully saturated rings. The lowest BCUT2D eigenvalue weighted by atomic mass is 9.43. The predicted molar refractivity (Wildman–Crippen MR) is 156 cm³/mol. The van der Waals surface area contributed by atoms with Gasteiger partial charge < -0.3 is 14.9 Å². The molecule has 9 atom stereocenters. The van der Waals surface area contributed by atoms with Gasteiger partial charge in [0.2, 0.25) is 0 Å². The number of carboxylic acids is 2. The van der Waals surface area contributed by atoms with Crippen LogP contribution in [0.3, 0.4) is 0 Å². The lowest BCUT2D eigenvalue weighted by molar-refractivity contribution is -0.172. The molecule has 0 bridgehead atoms. The summed E-state index contributed by atoms with van der Waals surface area (Å²) in [6, 6.07) is 0. The Balaban J connectivity index is 1.56. The zero-order valence-electron chi connectivity index (χ0n) is 26.5. The van der Waals surface area contributed by atoms with Crippen LogP contribution >= 0.6 is 0 Å². The van der Waals surface area contributed by atoms with Crippen molar-refractivity contribution in [3.05, 3.63) is 11.1 Å². The van der Waals surface area contributed by atoms with Gasteiger partial charge in [0.25, 0.3) is 0 Å². The molecule has 230 valence electrons. The molecule has 0 spiro atoms. The van der Waals surface area contributed by atoms with Gasteiger partial charge in [0.1, 0.15) is 18.3 Å². The lowest BCUT2D eigenvalue weighted by Crippen LogP contribution is -2.56. The van der Waals surface area contributed by atoms with Crippen molar-refractivity contribution in [2.75, 3.05) is 0 Å². The summed E-state index contributed by atoms with van der Waals surface area (Å²) in [6.07, 6.45) is 7.67. The highest BCUT2D eigenvalue weighted by Gasteiger charge is 2.63. The van der Waals surface area contributed by atoms with Crippen LogP contribution in [0, 0.1) is 51.2 Å². The highest BCUT2D eigenvalue weighted by Crippen LogP contribution is 2.72. The molecule has 0 heterocycles. The third-order valence-electron chi connectivity index (χ3n) is 13.2. The molecule has 0 radical (unpaired) electrons. The van der Waals surface area contributed by atoms with Crippen molar-refractivity contribution < 1.29 is 34.1 Å². The summed E-state index contributed by atoms with van der Waals surface area (Å²) in [6.45, 7) is 17.3. The van der Waals surface area contributed by atoms with Crippen molar-refractivity contribution in [2.24, 2.45) is 51.2 Å². The summed E-state index contributed by atoms with van der Waals surface area (Å²) in [5.41, 5.74) is 3.19. The third-order valence-corrected chi connectivity index (χ3v) is 13.2. The highest BCUT2D eigenvalue weighted by molar-refractivity contribution is 5.90. The number of hydrogen-bond donors (Lipinski definition) is 2. The molecular formula is C34H52O7. The van der Waals surface area contributed by atoms with Crippen molar-refractivity contribution >= 4 is 23.7 Å². The van der Waals surface area contributed by atoms with E-state index < -0.39 is 36.2 Å². The topological polar surface area (TPSA) is 118 Å². The maximum Gasteiger partial charge on any atom is 0.317 e. The second-order valence-electron chi connectivity index (χ2n) is 15.3. The van der Waals surface area contributed by atoms with E-state index in [1.54, 1.807) is 25.0 Å². The van der Waals surface area contributed by atoms with E-state index in [1.165, 1.54) is 0 Å². The van der Waals surface area contributed by atoms with Gasteiger partial charge in [0.05, 0.1) is 5.92 Å². The number of hydrogen-bond acceptors (Lipinski definition) is 5. The minimum atomic E-state index is -1.16. The van der Waals surface area contributed by atoms with Crippen molar-refractivity contribution in [3.63, 3.8) is 0 Å². The molecule has 0 aromatic rings. The number of fused-ring (bicyclic) bond motifs is 4. The third kappa shape index (κ3) is 5.07. The lowest BCUT2D eigenvalue weighted by Gasteiger charge is -2.62. The molecule has 0 amide bonds. The van der Waals surface area contributed by atoms with Gasteiger partial charge in [-0.1, -0.05) is 66.5 Å². The fraction of sp³-hybridized carbons (Fsp3) is 0.824. The van der Waals surface area contributed by atoms with E-state index >= 15 is 0 Å². The van der Waals surface area contributed by atoms with Crippen molar-refractivity contribution in [2.45, 2.75) is 126 Å². The van der Waals surface area contributed by atoms with E-state index in [1.807, 2.05) is 0 Å². The number of esters is 1. The Morgan fingerprint density at radius 3 is 2.12 bits per heavy atom. The van der Waals surface area contributed by atoms with Gasteiger partial charge in [-0.2, -0.15) is 0 Å². The monoisotopic (exact) mass is 572 g/mol. The number of rotatable bonds is 9. The fourth-order valence-electron chi connectivity index (χ4n) is 10.3. The molecule has 7 heteroatoms. The van der Waals surface area contributed by atoms with Crippen molar-refractivity contribution in [1.82, 2.24) is 0 Å². The summed E-state index contributed by atoms with van der Waals surface area (Å²) < 4.78 is 5.77. The van der Waals surface area contributed by atoms with Crippen LogP contribution in [0.25, 0.3) is 0 Å². The minimum Gasteiger partial charge on any atom is -0.481 e. The number of Topliss-reactive ketones (excluding diaryl/α,β-unsaturated/α-hetero) is 1. The van der Waals surface area contributed by atoms with Crippen LogP contribution in [-0.2, 0) is 23.9 Å². The van der Waals surface area contributed by atoms with E-state index in [2.05, 4.69) is 41.5 Å². The Labute approximate surface area is 245 Å². The zero-order valence-corrected chi connectivity index (χ0v) is 26.5. The quantitative estimate of drug-likeness (QED) is 0.172. The molecule has 41 heavy (non-hydrogen) atoms. The van der Waals surface area contributed by atoms with Gasteiger partial charge in [0, 0.05) is 17.8 Å². The van der Waals surface area contributed by atoms with E-state index in [0.29, 0.717) is 18.3 Å². The number of carboxylic acid groups (broad SMARTS) is 2. The first kappa shape index (κ1) is 31.7. The van der Waals surface area contributed by atoms with Gasteiger partial charge >= 0.3 is 17.9 Å². The molecule has 0 saturated heterocycles. The van der Waals surface area contributed by atoms with Crippen molar-refractivity contribution in [1.29, 1.82) is 0 Å². The molecule has 0 unspecified atom stereocenters. The Kier molecular flexibility index (Phi) is 8.38.